The highest BCUT2D eigenvalue weighted by Crippen LogP contribution is 2.35. The number of thioether (sulfide) groups is 1. The van der Waals surface area contributed by atoms with Gasteiger partial charge in [0, 0.05) is 36.5 Å². The average Bonchev–Trinajstić information content (AvgIpc) is 3.02. The summed E-state index contributed by atoms with van der Waals surface area (Å²) < 4.78 is 0. The van der Waals surface area contributed by atoms with Crippen LogP contribution in [0.4, 0.5) is 0 Å². The van der Waals surface area contributed by atoms with Crippen LogP contribution in [0.25, 0.3) is 0 Å². The maximum atomic E-state index is 3.90. The summed E-state index contributed by atoms with van der Waals surface area (Å²) in [4.78, 5) is 2.84. The van der Waals surface area contributed by atoms with Gasteiger partial charge in [-0.2, -0.15) is 11.8 Å². The number of piperazine rings is 1. The second-order valence-corrected chi connectivity index (χ2v) is 7.90. The highest BCUT2D eigenvalue weighted by atomic mass is 32.2. The quantitative estimate of drug-likeness (QED) is 0.847. The van der Waals surface area contributed by atoms with Gasteiger partial charge in [0.1, 0.15) is 0 Å². The lowest BCUT2D eigenvalue weighted by Gasteiger charge is -2.47. The summed E-state index contributed by atoms with van der Waals surface area (Å²) in [5.74, 6) is 1.40. The smallest absolute Gasteiger partial charge is 0.0309 e. The highest BCUT2D eigenvalue weighted by Gasteiger charge is 2.41. The van der Waals surface area contributed by atoms with Gasteiger partial charge in [0.05, 0.1) is 0 Å². The third-order valence-electron chi connectivity index (χ3n) is 5.23. The number of hydrogen-bond donors (Lipinski definition) is 1. The van der Waals surface area contributed by atoms with E-state index in [-0.39, 0.29) is 0 Å². The fourth-order valence-electron chi connectivity index (χ4n) is 4.09. The summed E-state index contributed by atoms with van der Waals surface area (Å²) in [6.45, 7) is 6.26. The van der Waals surface area contributed by atoms with Crippen molar-refractivity contribution in [3.05, 3.63) is 0 Å². The minimum atomic E-state index is 0.495. The summed E-state index contributed by atoms with van der Waals surface area (Å²) in [6.07, 6.45) is 9.92. The molecule has 2 unspecified atom stereocenters. The van der Waals surface area contributed by atoms with E-state index < -0.39 is 0 Å². The molecular weight excluding hydrogens is 240 g/mol. The minimum absolute atomic E-state index is 0.495. The zero-order valence-corrected chi connectivity index (χ0v) is 12.6. The van der Waals surface area contributed by atoms with E-state index in [4.69, 9.17) is 0 Å². The zero-order valence-electron chi connectivity index (χ0n) is 11.8. The fourth-order valence-corrected chi connectivity index (χ4v) is 5.39. The molecule has 1 spiro atoms. The van der Waals surface area contributed by atoms with Gasteiger partial charge in [-0.05, 0) is 37.9 Å². The third kappa shape index (κ3) is 2.73. The lowest BCUT2D eigenvalue weighted by Crippen LogP contribution is -2.63. The van der Waals surface area contributed by atoms with Gasteiger partial charge < -0.3 is 5.32 Å². The number of nitrogens with one attached hydrogen (secondary N) is 1. The Hall–Kier alpha value is 0.270. The SMILES string of the molecule is CCC1CNC2(CCCC2)CN1CC1CCCS1. The van der Waals surface area contributed by atoms with Crippen molar-refractivity contribution in [3.63, 3.8) is 0 Å². The number of rotatable bonds is 3. The number of nitrogens with zero attached hydrogens (tertiary/aromatic N) is 1. The van der Waals surface area contributed by atoms with Crippen LogP contribution in [0, 0.1) is 0 Å². The van der Waals surface area contributed by atoms with Crippen LogP contribution < -0.4 is 5.32 Å². The first kappa shape index (κ1) is 13.3. The Labute approximate surface area is 116 Å². The average molecular weight is 268 g/mol. The van der Waals surface area contributed by atoms with Gasteiger partial charge in [-0.25, -0.2) is 0 Å². The summed E-state index contributed by atoms with van der Waals surface area (Å²) in [5.41, 5.74) is 0.495. The van der Waals surface area contributed by atoms with Gasteiger partial charge in [0.25, 0.3) is 0 Å². The van der Waals surface area contributed by atoms with Gasteiger partial charge in [-0.15, -0.1) is 0 Å². The second kappa shape index (κ2) is 5.72. The summed E-state index contributed by atoms with van der Waals surface area (Å²) in [7, 11) is 0. The predicted molar refractivity (Wildman–Crippen MR) is 80.3 cm³/mol. The van der Waals surface area contributed by atoms with Crippen molar-refractivity contribution in [1.29, 1.82) is 0 Å². The molecule has 3 rings (SSSR count). The van der Waals surface area contributed by atoms with Gasteiger partial charge >= 0.3 is 0 Å². The van der Waals surface area contributed by atoms with Crippen LogP contribution >= 0.6 is 11.8 Å². The van der Waals surface area contributed by atoms with E-state index in [9.17, 15) is 0 Å². The normalized spacial score (nSPS) is 36.5. The van der Waals surface area contributed by atoms with Crippen LogP contribution in [0.5, 0.6) is 0 Å². The Morgan fingerprint density at radius 3 is 2.78 bits per heavy atom. The van der Waals surface area contributed by atoms with Gasteiger partial charge in [-0.1, -0.05) is 19.8 Å². The highest BCUT2D eigenvalue weighted by molar-refractivity contribution is 8.00. The zero-order chi connectivity index (χ0) is 12.4. The lowest BCUT2D eigenvalue weighted by molar-refractivity contribution is 0.0786. The molecule has 2 saturated heterocycles. The van der Waals surface area contributed by atoms with Crippen LogP contribution in [0.3, 0.4) is 0 Å². The van der Waals surface area contributed by atoms with Gasteiger partial charge in [-0.3, -0.25) is 4.90 Å². The van der Waals surface area contributed by atoms with Crippen molar-refractivity contribution in [2.75, 3.05) is 25.4 Å². The maximum absolute atomic E-state index is 3.90. The molecular formula is C15H28N2S. The van der Waals surface area contributed by atoms with E-state index in [0.717, 1.165) is 11.3 Å². The molecule has 2 aliphatic heterocycles. The molecule has 3 fully saturated rings. The summed E-state index contributed by atoms with van der Waals surface area (Å²) in [5, 5.41) is 4.83. The Balaban J connectivity index is 1.63. The third-order valence-corrected chi connectivity index (χ3v) is 6.61. The molecule has 0 amide bonds. The molecule has 0 aromatic heterocycles. The summed E-state index contributed by atoms with van der Waals surface area (Å²) >= 11 is 2.22. The van der Waals surface area contributed by atoms with E-state index in [0.29, 0.717) is 5.54 Å². The minimum Gasteiger partial charge on any atom is -0.308 e. The predicted octanol–water partition coefficient (Wildman–Crippen LogP) is 2.88. The molecule has 18 heavy (non-hydrogen) atoms. The molecule has 2 nitrogen and oxygen atoms in total. The Morgan fingerprint density at radius 2 is 2.11 bits per heavy atom. The first-order valence-electron chi connectivity index (χ1n) is 7.92. The first-order valence-corrected chi connectivity index (χ1v) is 8.97. The van der Waals surface area contributed by atoms with Crippen LogP contribution in [-0.4, -0.2) is 47.1 Å². The molecule has 1 saturated carbocycles. The Kier molecular flexibility index (Phi) is 4.21. The molecule has 1 N–H and O–H groups in total. The van der Waals surface area contributed by atoms with E-state index in [2.05, 4.69) is 28.9 Å². The standard InChI is InChI=1S/C15H28N2S/c1-2-13-10-16-15(7-3-4-8-15)12-17(13)11-14-6-5-9-18-14/h13-14,16H,2-12H2,1H3. The van der Waals surface area contributed by atoms with Crippen LogP contribution in [-0.2, 0) is 0 Å². The molecule has 3 aliphatic rings. The molecule has 0 radical (unpaired) electrons. The number of hydrogen-bond acceptors (Lipinski definition) is 3. The molecule has 0 aromatic carbocycles. The van der Waals surface area contributed by atoms with Gasteiger partial charge in [0.2, 0.25) is 0 Å². The molecule has 3 heteroatoms. The van der Waals surface area contributed by atoms with Crippen molar-refractivity contribution in [2.24, 2.45) is 0 Å². The molecule has 104 valence electrons. The first-order chi connectivity index (χ1) is 8.81. The second-order valence-electron chi connectivity index (χ2n) is 6.49. The fraction of sp³-hybridized carbons (Fsp3) is 1.00. The summed E-state index contributed by atoms with van der Waals surface area (Å²) in [6, 6.07) is 0.789. The molecule has 1 aliphatic carbocycles. The lowest BCUT2D eigenvalue weighted by atomic mass is 9.91. The van der Waals surface area contributed by atoms with E-state index >= 15 is 0 Å². The maximum Gasteiger partial charge on any atom is 0.0309 e. The van der Waals surface area contributed by atoms with Crippen molar-refractivity contribution in [1.82, 2.24) is 10.2 Å². The van der Waals surface area contributed by atoms with Crippen molar-refractivity contribution in [3.8, 4) is 0 Å². The molecule has 0 aromatic rings. The van der Waals surface area contributed by atoms with E-state index in [1.165, 1.54) is 70.3 Å². The Morgan fingerprint density at radius 1 is 1.28 bits per heavy atom. The van der Waals surface area contributed by atoms with E-state index in [1.54, 1.807) is 0 Å². The van der Waals surface area contributed by atoms with Crippen molar-refractivity contribution in [2.45, 2.75) is 68.7 Å². The van der Waals surface area contributed by atoms with Crippen LogP contribution in [0.2, 0.25) is 0 Å². The monoisotopic (exact) mass is 268 g/mol. The molecule has 2 atom stereocenters. The van der Waals surface area contributed by atoms with Crippen LogP contribution in [0.1, 0.15) is 51.9 Å². The molecule has 2 heterocycles. The molecule has 0 bridgehead atoms. The van der Waals surface area contributed by atoms with Crippen molar-refractivity contribution < 1.29 is 0 Å². The largest absolute Gasteiger partial charge is 0.308 e. The van der Waals surface area contributed by atoms with Crippen LogP contribution in [0.15, 0.2) is 0 Å². The topological polar surface area (TPSA) is 15.3 Å². The Bertz CT molecular complexity index is 270. The van der Waals surface area contributed by atoms with Gasteiger partial charge in [0.15, 0.2) is 0 Å². The van der Waals surface area contributed by atoms with Crippen molar-refractivity contribution >= 4 is 11.8 Å². The van der Waals surface area contributed by atoms with E-state index in [1.807, 2.05) is 0 Å².